The number of nitrogens with one attached hydrogen (secondary N) is 1. The number of fused-ring (bicyclic) bond motifs is 1. The van der Waals surface area contributed by atoms with Crippen LogP contribution in [0.2, 0.25) is 5.02 Å². The standard InChI is InChI=1S/C22H15ClF3N3O2S2/c23-16-7-2-1-4-13(16)11-29-20(31)19-17(8-9-32-19)28-21(29)33-12-18(30)27-15-6-3-5-14(10-15)22(24,25)26/h1-10H,11-12H2,(H,27,30). The van der Waals surface area contributed by atoms with E-state index in [-0.39, 0.29) is 23.5 Å². The quantitative estimate of drug-likeness (QED) is 0.259. The molecule has 170 valence electrons. The third kappa shape index (κ3) is 5.40. The maximum atomic E-state index is 13.1. The third-order valence-corrected chi connectivity index (χ3v) is 6.86. The van der Waals surface area contributed by atoms with Crippen molar-refractivity contribution in [1.29, 1.82) is 0 Å². The maximum Gasteiger partial charge on any atom is 0.416 e. The van der Waals surface area contributed by atoms with Gasteiger partial charge in [0.05, 0.1) is 23.4 Å². The Balaban J connectivity index is 1.56. The van der Waals surface area contributed by atoms with Gasteiger partial charge >= 0.3 is 6.18 Å². The molecule has 2 aromatic heterocycles. The van der Waals surface area contributed by atoms with Gasteiger partial charge in [0.15, 0.2) is 5.16 Å². The van der Waals surface area contributed by atoms with E-state index in [2.05, 4.69) is 10.3 Å². The summed E-state index contributed by atoms with van der Waals surface area (Å²) in [6, 6.07) is 13.2. The van der Waals surface area contributed by atoms with Crippen LogP contribution in [0.1, 0.15) is 11.1 Å². The molecule has 5 nitrogen and oxygen atoms in total. The Labute approximate surface area is 199 Å². The van der Waals surface area contributed by atoms with Crippen molar-refractivity contribution in [2.75, 3.05) is 11.1 Å². The first kappa shape index (κ1) is 23.3. The number of alkyl halides is 3. The molecule has 0 bridgehead atoms. The van der Waals surface area contributed by atoms with Gasteiger partial charge in [0.1, 0.15) is 4.70 Å². The van der Waals surface area contributed by atoms with Crippen molar-refractivity contribution in [3.63, 3.8) is 0 Å². The summed E-state index contributed by atoms with van der Waals surface area (Å²) in [6.07, 6.45) is -4.51. The number of amides is 1. The monoisotopic (exact) mass is 509 g/mol. The number of carbonyl (C=O) groups is 1. The summed E-state index contributed by atoms with van der Waals surface area (Å²) in [6.45, 7) is 0.164. The molecule has 1 N–H and O–H groups in total. The first-order chi connectivity index (χ1) is 15.7. The number of nitrogens with zero attached hydrogens (tertiary/aromatic N) is 2. The molecule has 0 spiro atoms. The van der Waals surface area contributed by atoms with Gasteiger partial charge in [-0.05, 0) is 41.3 Å². The van der Waals surface area contributed by atoms with Gasteiger partial charge in [-0.1, -0.05) is 47.6 Å². The van der Waals surface area contributed by atoms with Crippen LogP contribution in [0.4, 0.5) is 18.9 Å². The van der Waals surface area contributed by atoms with Crippen molar-refractivity contribution in [2.45, 2.75) is 17.9 Å². The molecule has 0 atom stereocenters. The molecule has 0 unspecified atom stereocenters. The number of hydrogen-bond donors (Lipinski definition) is 1. The van der Waals surface area contributed by atoms with E-state index in [4.69, 9.17) is 11.6 Å². The predicted molar refractivity (Wildman–Crippen MR) is 125 cm³/mol. The van der Waals surface area contributed by atoms with E-state index in [0.717, 1.165) is 23.9 Å². The second kappa shape index (κ2) is 9.58. The van der Waals surface area contributed by atoms with E-state index >= 15 is 0 Å². The number of aromatic nitrogens is 2. The van der Waals surface area contributed by atoms with Crippen LogP contribution < -0.4 is 10.9 Å². The number of rotatable bonds is 6. The highest BCUT2D eigenvalue weighted by Crippen LogP contribution is 2.31. The van der Waals surface area contributed by atoms with Gasteiger partial charge in [0.2, 0.25) is 5.91 Å². The Morgan fingerprint density at radius 1 is 1.15 bits per heavy atom. The zero-order chi connectivity index (χ0) is 23.6. The lowest BCUT2D eigenvalue weighted by atomic mass is 10.2. The lowest BCUT2D eigenvalue weighted by molar-refractivity contribution is -0.137. The molecule has 0 saturated carbocycles. The number of carbonyl (C=O) groups excluding carboxylic acids is 1. The van der Waals surface area contributed by atoms with E-state index in [9.17, 15) is 22.8 Å². The van der Waals surface area contributed by atoms with E-state index in [1.165, 1.54) is 28.0 Å². The fraction of sp³-hybridized carbons (Fsp3) is 0.136. The summed E-state index contributed by atoms with van der Waals surface area (Å²) in [5.74, 6) is -0.677. The lowest BCUT2D eigenvalue weighted by Crippen LogP contribution is -2.24. The molecule has 0 aliphatic rings. The van der Waals surface area contributed by atoms with Gasteiger partial charge in [0.25, 0.3) is 5.56 Å². The topological polar surface area (TPSA) is 64.0 Å². The van der Waals surface area contributed by atoms with Crippen LogP contribution >= 0.6 is 34.7 Å². The van der Waals surface area contributed by atoms with Crippen LogP contribution in [0.5, 0.6) is 0 Å². The molecule has 33 heavy (non-hydrogen) atoms. The number of thiophene rings is 1. The van der Waals surface area contributed by atoms with E-state index in [0.29, 0.717) is 26.0 Å². The van der Waals surface area contributed by atoms with Gasteiger partial charge in [-0.2, -0.15) is 13.2 Å². The Bertz CT molecular complexity index is 1390. The van der Waals surface area contributed by atoms with Crippen LogP contribution in [0.25, 0.3) is 10.2 Å². The smallest absolute Gasteiger partial charge is 0.325 e. The summed E-state index contributed by atoms with van der Waals surface area (Å²) in [4.78, 5) is 30.0. The number of anilines is 1. The number of hydrogen-bond acceptors (Lipinski definition) is 5. The zero-order valence-corrected chi connectivity index (χ0v) is 19.1. The lowest BCUT2D eigenvalue weighted by Gasteiger charge is -2.13. The first-order valence-corrected chi connectivity index (χ1v) is 11.8. The normalized spacial score (nSPS) is 11.6. The molecular weight excluding hydrogens is 495 g/mol. The molecular formula is C22H15ClF3N3O2S2. The highest BCUT2D eigenvalue weighted by atomic mass is 35.5. The molecule has 0 aliphatic carbocycles. The molecule has 0 saturated heterocycles. The van der Waals surface area contributed by atoms with E-state index in [1.54, 1.807) is 35.7 Å². The van der Waals surface area contributed by atoms with Gasteiger partial charge in [-0.25, -0.2) is 4.98 Å². The second-order valence-electron chi connectivity index (χ2n) is 6.93. The number of thioether (sulfide) groups is 1. The summed E-state index contributed by atoms with van der Waals surface area (Å²) in [5.41, 5.74) is 0.155. The van der Waals surface area contributed by atoms with Crippen LogP contribution in [-0.2, 0) is 17.5 Å². The molecule has 0 fully saturated rings. The van der Waals surface area contributed by atoms with Crippen molar-refractivity contribution in [3.8, 4) is 0 Å². The van der Waals surface area contributed by atoms with Gasteiger partial charge in [0, 0.05) is 10.7 Å². The molecule has 4 rings (SSSR count). The van der Waals surface area contributed by atoms with Gasteiger partial charge in [-0.3, -0.25) is 14.2 Å². The van der Waals surface area contributed by atoms with E-state index < -0.39 is 17.6 Å². The molecule has 4 aromatic rings. The van der Waals surface area contributed by atoms with Crippen LogP contribution in [0.3, 0.4) is 0 Å². The first-order valence-electron chi connectivity index (χ1n) is 9.54. The minimum Gasteiger partial charge on any atom is -0.325 e. The van der Waals surface area contributed by atoms with Crippen molar-refractivity contribution in [2.24, 2.45) is 0 Å². The molecule has 0 radical (unpaired) electrons. The summed E-state index contributed by atoms with van der Waals surface area (Å²) in [7, 11) is 0. The van der Waals surface area contributed by atoms with Gasteiger partial charge in [-0.15, -0.1) is 11.3 Å². The SMILES string of the molecule is O=C(CSc1nc2ccsc2c(=O)n1Cc1ccccc1Cl)Nc1cccc(C(F)(F)F)c1. The molecule has 0 aliphatic heterocycles. The largest absolute Gasteiger partial charge is 0.416 e. The summed E-state index contributed by atoms with van der Waals surface area (Å²) < 4.78 is 40.6. The van der Waals surface area contributed by atoms with Crippen molar-refractivity contribution in [1.82, 2.24) is 9.55 Å². The molecule has 1 amide bonds. The highest BCUT2D eigenvalue weighted by Gasteiger charge is 2.30. The predicted octanol–water partition coefficient (Wildman–Crippen LogP) is 5.91. The zero-order valence-electron chi connectivity index (χ0n) is 16.7. The second-order valence-corrected chi connectivity index (χ2v) is 9.19. The average Bonchev–Trinajstić information content (AvgIpc) is 3.24. The highest BCUT2D eigenvalue weighted by molar-refractivity contribution is 7.99. The molecule has 2 aromatic carbocycles. The van der Waals surface area contributed by atoms with Gasteiger partial charge < -0.3 is 5.32 Å². The average molecular weight is 510 g/mol. The van der Waals surface area contributed by atoms with Crippen molar-refractivity contribution in [3.05, 3.63) is 86.5 Å². The Hall–Kier alpha value is -2.82. The Morgan fingerprint density at radius 2 is 1.94 bits per heavy atom. The fourth-order valence-electron chi connectivity index (χ4n) is 3.07. The Morgan fingerprint density at radius 3 is 2.70 bits per heavy atom. The molecule has 11 heteroatoms. The van der Waals surface area contributed by atoms with Crippen LogP contribution in [0, 0.1) is 0 Å². The third-order valence-electron chi connectivity index (χ3n) is 4.62. The van der Waals surface area contributed by atoms with E-state index in [1.807, 2.05) is 0 Å². The van der Waals surface area contributed by atoms with Crippen LogP contribution in [-0.4, -0.2) is 21.2 Å². The van der Waals surface area contributed by atoms with Crippen molar-refractivity contribution < 1.29 is 18.0 Å². The summed E-state index contributed by atoms with van der Waals surface area (Å²) >= 11 is 8.55. The maximum absolute atomic E-state index is 13.1. The minimum absolute atomic E-state index is 0.0325. The van der Waals surface area contributed by atoms with Crippen LogP contribution in [0.15, 0.2) is 69.9 Å². The molecule has 2 heterocycles. The number of benzene rings is 2. The number of halogens is 4. The minimum atomic E-state index is -4.51. The summed E-state index contributed by atoms with van der Waals surface area (Å²) in [5, 5.41) is 5.02. The fourth-order valence-corrected chi connectivity index (χ4v) is 4.84. The Kier molecular flexibility index (Phi) is 6.78. The van der Waals surface area contributed by atoms with Crippen molar-refractivity contribution >= 4 is 56.5 Å².